The molecule has 1 aliphatic rings. The van der Waals surface area contributed by atoms with Crippen LogP contribution in [0.4, 0.5) is 17.1 Å². The molecule has 0 unspecified atom stereocenters. The number of para-hydroxylation sites is 1. The maximum Gasteiger partial charge on any atom is 0.227 e. The Balaban J connectivity index is 1.56. The van der Waals surface area contributed by atoms with E-state index < -0.39 is 0 Å². The average molecular weight is 421 g/mol. The Hall–Kier alpha value is -3.37. The number of morpholine rings is 1. The van der Waals surface area contributed by atoms with Gasteiger partial charge in [-0.15, -0.1) is 0 Å². The molecule has 2 amide bonds. The first-order valence-corrected chi connectivity index (χ1v) is 10.5. The van der Waals surface area contributed by atoms with E-state index in [1.165, 1.54) is 0 Å². The highest BCUT2D eigenvalue weighted by Gasteiger charge is 2.17. The summed E-state index contributed by atoms with van der Waals surface area (Å²) in [4.78, 5) is 29.0. The van der Waals surface area contributed by atoms with E-state index in [2.05, 4.69) is 22.4 Å². The molecule has 2 aromatic rings. The van der Waals surface area contributed by atoms with E-state index in [1.54, 1.807) is 4.90 Å². The van der Waals surface area contributed by atoms with Crippen LogP contribution in [0.5, 0.6) is 0 Å². The number of amides is 2. The lowest BCUT2D eigenvalue weighted by molar-refractivity contribution is -0.122. The molecule has 0 aromatic heterocycles. The van der Waals surface area contributed by atoms with Crippen LogP contribution in [0.25, 0.3) is 0 Å². The lowest BCUT2D eigenvalue weighted by Crippen LogP contribution is -2.36. The zero-order valence-corrected chi connectivity index (χ0v) is 17.8. The third-order valence-electron chi connectivity index (χ3n) is 5.24. The largest absolute Gasteiger partial charge is 0.378 e. The van der Waals surface area contributed by atoms with Crippen LogP contribution in [0.1, 0.15) is 24.8 Å². The first-order chi connectivity index (χ1) is 15.1. The van der Waals surface area contributed by atoms with Crippen molar-refractivity contribution in [3.8, 4) is 6.07 Å². The quantitative estimate of drug-likeness (QED) is 0.706. The number of nitrogens with one attached hydrogen (secondary N) is 1. The zero-order valence-electron chi connectivity index (χ0n) is 17.8. The fraction of sp³-hybridized carbons (Fsp3) is 0.375. The second-order valence-electron chi connectivity index (χ2n) is 7.44. The molecule has 0 aliphatic carbocycles. The van der Waals surface area contributed by atoms with Crippen LogP contribution in [0.3, 0.4) is 0 Å². The molecule has 7 nitrogen and oxygen atoms in total. The molecule has 162 valence electrons. The Morgan fingerprint density at radius 2 is 1.87 bits per heavy atom. The average Bonchev–Trinajstić information content (AvgIpc) is 2.80. The summed E-state index contributed by atoms with van der Waals surface area (Å²) < 4.78 is 5.40. The van der Waals surface area contributed by atoms with Gasteiger partial charge in [-0.1, -0.05) is 18.2 Å². The molecule has 1 heterocycles. The van der Waals surface area contributed by atoms with Crippen molar-refractivity contribution < 1.29 is 14.3 Å². The summed E-state index contributed by atoms with van der Waals surface area (Å²) in [6, 6.07) is 17.3. The predicted octanol–water partition coefficient (Wildman–Crippen LogP) is 3.50. The van der Waals surface area contributed by atoms with Crippen molar-refractivity contribution in [2.24, 2.45) is 0 Å². The third-order valence-corrected chi connectivity index (χ3v) is 5.24. The molecule has 0 spiro atoms. The highest BCUT2D eigenvalue weighted by atomic mass is 16.5. The number of nitriles is 1. The minimum atomic E-state index is -0.205. The molecule has 1 aliphatic heterocycles. The lowest BCUT2D eigenvalue weighted by Gasteiger charge is -2.29. The summed E-state index contributed by atoms with van der Waals surface area (Å²) in [7, 11) is 0. The molecule has 0 saturated carbocycles. The van der Waals surface area contributed by atoms with Crippen molar-refractivity contribution in [1.29, 1.82) is 5.26 Å². The van der Waals surface area contributed by atoms with Crippen LogP contribution >= 0.6 is 0 Å². The summed E-state index contributed by atoms with van der Waals surface area (Å²) in [5.41, 5.74) is 3.57. The minimum absolute atomic E-state index is 0.0804. The maximum atomic E-state index is 12.7. The van der Waals surface area contributed by atoms with Crippen molar-refractivity contribution in [2.75, 3.05) is 48.0 Å². The van der Waals surface area contributed by atoms with Gasteiger partial charge in [0.05, 0.1) is 25.7 Å². The molecular formula is C24H28N4O3. The third kappa shape index (κ3) is 6.30. The van der Waals surface area contributed by atoms with Crippen molar-refractivity contribution in [1.82, 2.24) is 0 Å². The van der Waals surface area contributed by atoms with Crippen molar-refractivity contribution in [3.05, 3.63) is 54.1 Å². The van der Waals surface area contributed by atoms with Gasteiger partial charge in [0.25, 0.3) is 0 Å². The SMILES string of the molecule is Cc1cc(N2CCOCC2)ccc1NC(=O)CCC(=O)N(CCC#N)c1ccccc1. The monoisotopic (exact) mass is 420 g/mol. The number of rotatable bonds is 8. The first-order valence-electron chi connectivity index (χ1n) is 10.5. The summed E-state index contributed by atoms with van der Waals surface area (Å²) in [6.45, 7) is 5.43. The van der Waals surface area contributed by atoms with Gasteiger partial charge in [0.1, 0.15) is 0 Å². The highest BCUT2D eigenvalue weighted by Crippen LogP contribution is 2.24. The van der Waals surface area contributed by atoms with E-state index in [0.29, 0.717) is 6.54 Å². The molecule has 1 N–H and O–H groups in total. The number of anilines is 3. The van der Waals surface area contributed by atoms with Gasteiger partial charge < -0.3 is 19.9 Å². The number of carbonyl (C=O) groups excluding carboxylic acids is 2. The van der Waals surface area contributed by atoms with Crippen LogP contribution in [0.2, 0.25) is 0 Å². The Labute approximate surface area is 183 Å². The second kappa shape index (κ2) is 11.1. The zero-order chi connectivity index (χ0) is 22.1. The van der Waals surface area contributed by atoms with E-state index in [0.717, 1.165) is 48.9 Å². The maximum absolute atomic E-state index is 12.7. The summed E-state index contributed by atoms with van der Waals surface area (Å²) in [5, 5.41) is 11.8. The Morgan fingerprint density at radius 3 is 2.55 bits per heavy atom. The molecule has 2 aromatic carbocycles. The molecule has 1 fully saturated rings. The van der Waals surface area contributed by atoms with Crippen molar-refractivity contribution in [2.45, 2.75) is 26.2 Å². The van der Waals surface area contributed by atoms with Gasteiger partial charge >= 0.3 is 0 Å². The fourth-order valence-electron chi connectivity index (χ4n) is 3.54. The lowest BCUT2D eigenvalue weighted by atomic mass is 10.1. The van der Waals surface area contributed by atoms with Gasteiger partial charge in [0.15, 0.2) is 0 Å². The number of benzene rings is 2. The standard InChI is InChI=1S/C24H28N4O3/c1-19-18-21(27-14-16-31-17-15-27)8-9-22(19)26-23(29)10-11-24(30)28(13-5-12-25)20-6-3-2-4-7-20/h2-4,6-9,18H,5,10-11,13-17H2,1H3,(H,26,29). The van der Waals surface area contributed by atoms with Gasteiger partial charge in [-0.2, -0.15) is 5.26 Å². The van der Waals surface area contributed by atoms with Gasteiger partial charge in [0, 0.05) is 49.5 Å². The second-order valence-corrected chi connectivity index (χ2v) is 7.44. The van der Waals surface area contributed by atoms with Crippen LogP contribution in [-0.4, -0.2) is 44.7 Å². The Kier molecular flexibility index (Phi) is 8.02. The number of hydrogen-bond acceptors (Lipinski definition) is 5. The van der Waals surface area contributed by atoms with E-state index in [1.807, 2.05) is 49.4 Å². The van der Waals surface area contributed by atoms with Crippen LogP contribution in [0.15, 0.2) is 48.5 Å². The van der Waals surface area contributed by atoms with E-state index >= 15 is 0 Å². The topological polar surface area (TPSA) is 85.7 Å². The molecule has 3 rings (SSSR count). The van der Waals surface area contributed by atoms with Gasteiger partial charge in [0.2, 0.25) is 11.8 Å². The smallest absolute Gasteiger partial charge is 0.227 e. The van der Waals surface area contributed by atoms with Gasteiger partial charge in [-0.3, -0.25) is 9.59 Å². The summed E-state index contributed by atoms with van der Waals surface area (Å²) in [5.74, 6) is -0.375. The van der Waals surface area contributed by atoms with Crippen molar-refractivity contribution >= 4 is 28.9 Å². The molecular weight excluding hydrogens is 392 g/mol. The Bertz CT molecular complexity index is 934. The van der Waals surface area contributed by atoms with Crippen LogP contribution < -0.4 is 15.1 Å². The number of aryl methyl sites for hydroxylation is 1. The normalized spacial score (nSPS) is 13.4. The molecule has 7 heteroatoms. The summed E-state index contributed by atoms with van der Waals surface area (Å²) >= 11 is 0. The van der Waals surface area contributed by atoms with Crippen LogP contribution in [0, 0.1) is 18.3 Å². The van der Waals surface area contributed by atoms with Crippen molar-refractivity contribution in [3.63, 3.8) is 0 Å². The van der Waals surface area contributed by atoms with Crippen LogP contribution in [-0.2, 0) is 14.3 Å². The van der Waals surface area contributed by atoms with Gasteiger partial charge in [-0.25, -0.2) is 0 Å². The number of ether oxygens (including phenoxy) is 1. The number of hydrogen-bond donors (Lipinski definition) is 1. The summed E-state index contributed by atoms with van der Waals surface area (Å²) in [6.07, 6.45) is 0.401. The van der Waals surface area contributed by atoms with E-state index in [4.69, 9.17) is 10.00 Å². The Morgan fingerprint density at radius 1 is 1.13 bits per heavy atom. The minimum Gasteiger partial charge on any atom is -0.378 e. The number of carbonyl (C=O) groups is 2. The molecule has 1 saturated heterocycles. The molecule has 0 radical (unpaired) electrons. The van der Waals surface area contributed by atoms with E-state index in [9.17, 15) is 9.59 Å². The molecule has 0 bridgehead atoms. The highest BCUT2D eigenvalue weighted by molar-refractivity contribution is 5.98. The molecule has 0 atom stereocenters. The van der Waals surface area contributed by atoms with Gasteiger partial charge in [-0.05, 0) is 42.8 Å². The fourth-order valence-corrected chi connectivity index (χ4v) is 3.54. The van der Waals surface area contributed by atoms with E-state index in [-0.39, 0.29) is 31.1 Å². The predicted molar refractivity (Wildman–Crippen MR) is 121 cm³/mol. The molecule has 31 heavy (non-hydrogen) atoms. The first kappa shape index (κ1) is 22.3. The number of nitrogens with zero attached hydrogens (tertiary/aromatic N) is 3.